The fourth-order valence-corrected chi connectivity index (χ4v) is 5.35. The predicted molar refractivity (Wildman–Crippen MR) is 143 cm³/mol. The average Bonchev–Trinajstić information content (AvgIpc) is 3.39. The molecule has 2 N–H and O–H groups in total. The number of ether oxygens (including phenoxy) is 1. The molecule has 182 valence electrons. The molecule has 2 atom stereocenters. The van der Waals surface area contributed by atoms with E-state index in [0.29, 0.717) is 16.4 Å². The number of hydrogen-bond acceptors (Lipinski definition) is 5. The Morgan fingerprint density at radius 2 is 1.72 bits per heavy atom. The van der Waals surface area contributed by atoms with Crippen LogP contribution in [0.4, 0.5) is 5.69 Å². The van der Waals surface area contributed by atoms with Gasteiger partial charge < -0.3 is 24.6 Å². The monoisotopic (exact) mass is 498 g/mol. The third-order valence-electron chi connectivity index (χ3n) is 6.58. The second kappa shape index (κ2) is 9.47. The van der Waals surface area contributed by atoms with Gasteiger partial charge in [-0.05, 0) is 74.1 Å². The number of esters is 1. The van der Waals surface area contributed by atoms with Crippen molar-refractivity contribution < 1.29 is 14.6 Å². The first kappa shape index (κ1) is 23.6. The van der Waals surface area contributed by atoms with Crippen LogP contribution in [0.1, 0.15) is 45.1 Å². The number of carbonyl (C=O) groups excluding carboxylic acids is 1. The van der Waals surface area contributed by atoms with Crippen LogP contribution in [0.5, 0.6) is 5.75 Å². The maximum atomic E-state index is 12.5. The van der Waals surface area contributed by atoms with E-state index < -0.39 is 5.97 Å². The van der Waals surface area contributed by atoms with E-state index in [9.17, 15) is 9.90 Å². The van der Waals surface area contributed by atoms with Crippen LogP contribution in [0.15, 0.2) is 79.0 Å². The van der Waals surface area contributed by atoms with Gasteiger partial charge in [-0.25, -0.2) is 4.79 Å². The third kappa shape index (κ3) is 3.89. The summed E-state index contributed by atoms with van der Waals surface area (Å²) >= 11 is 5.79. The van der Waals surface area contributed by atoms with Crippen molar-refractivity contribution in [2.75, 3.05) is 12.0 Å². The number of aryl methyl sites for hydroxylation is 1. The Balaban J connectivity index is 1.71. The Kier molecular flexibility index (Phi) is 6.20. The van der Waals surface area contributed by atoms with Gasteiger partial charge in [-0.1, -0.05) is 30.3 Å². The number of phenolic OH excluding ortho intramolecular Hbond substituents is 1. The molecule has 0 unspecified atom stereocenters. The van der Waals surface area contributed by atoms with Crippen LogP contribution < -0.4 is 10.2 Å². The van der Waals surface area contributed by atoms with Gasteiger partial charge in [0.1, 0.15) is 5.75 Å². The summed E-state index contributed by atoms with van der Waals surface area (Å²) in [6.07, 6.45) is 1.76. The summed E-state index contributed by atoms with van der Waals surface area (Å²) in [5.74, 6) is -0.260. The molecule has 36 heavy (non-hydrogen) atoms. The van der Waals surface area contributed by atoms with Crippen LogP contribution >= 0.6 is 12.2 Å². The number of nitrogens with zero attached hydrogens (tertiary/aromatic N) is 3. The summed E-state index contributed by atoms with van der Waals surface area (Å²) in [4.78, 5) is 19.1. The lowest BCUT2D eigenvalue weighted by Gasteiger charge is -2.28. The second-order valence-electron chi connectivity index (χ2n) is 8.66. The molecule has 1 aliphatic heterocycles. The molecule has 0 amide bonds. The first-order chi connectivity index (χ1) is 17.4. The molecule has 1 saturated heterocycles. The zero-order valence-corrected chi connectivity index (χ0v) is 21.0. The minimum atomic E-state index is -0.398. The number of benzene rings is 2. The van der Waals surface area contributed by atoms with Gasteiger partial charge in [0.05, 0.1) is 41.8 Å². The molecule has 8 heteroatoms. The molecular formula is C28H26N4O3S. The maximum absolute atomic E-state index is 12.5. The summed E-state index contributed by atoms with van der Waals surface area (Å²) < 4.78 is 7.10. The summed E-state index contributed by atoms with van der Waals surface area (Å²) in [6.45, 7) is 4.03. The summed E-state index contributed by atoms with van der Waals surface area (Å²) in [7, 11) is 1.38. The quantitative estimate of drug-likeness (QED) is 0.291. The highest BCUT2D eigenvalue weighted by Crippen LogP contribution is 2.45. The van der Waals surface area contributed by atoms with Crippen molar-refractivity contribution in [2.45, 2.75) is 25.9 Å². The number of pyridine rings is 1. The number of hydrogen-bond donors (Lipinski definition) is 2. The van der Waals surface area contributed by atoms with Crippen LogP contribution in [0.25, 0.3) is 5.69 Å². The minimum absolute atomic E-state index is 0.137. The molecular weight excluding hydrogens is 472 g/mol. The largest absolute Gasteiger partial charge is 0.506 e. The van der Waals surface area contributed by atoms with Crippen molar-refractivity contribution in [3.63, 3.8) is 0 Å². The van der Waals surface area contributed by atoms with Crippen LogP contribution in [-0.2, 0) is 4.74 Å². The number of anilines is 1. The topological polar surface area (TPSA) is 79.6 Å². The number of para-hydroxylation sites is 3. The highest BCUT2D eigenvalue weighted by molar-refractivity contribution is 7.80. The van der Waals surface area contributed by atoms with Gasteiger partial charge in [0.15, 0.2) is 5.11 Å². The highest BCUT2D eigenvalue weighted by Gasteiger charge is 2.43. The van der Waals surface area contributed by atoms with Crippen LogP contribution in [0.3, 0.4) is 0 Å². The molecule has 0 spiro atoms. The van der Waals surface area contributed by atoms with E-state index in [4.69, 9.17) is 17.0 Å². The van der Waals surface area contributed by atoms with E-state index >= 15 is 0 Å². The first-order valence-electron chi connectivity index (χ1n) is 11.6. The summed E-state index contributed by atoms with van der Waals surface area (Å²) in [5.41, 5.74) is 5.56. The Bertz CT molecular complexity index is 1450. The fraction of sp³-hybridized carbons (Fsp3) is 0.179. The number of thiocarbonyl (C=S) groups is 1. The Morgan fingerprint density at radius 3 is 2.42 bits per heavy atom. The molecule has 0 bridgehead atoms. The van der Waals surface area contributed by atoms with Gasteiger partial charge in [-0.3, -0.25) is 4.98 Å². The first-order valence-corrected chi connectivity index (χ1v) is 12.0. The molecule has 3 heterocycles. The van der Waals surface area contributed by atoms with E-state index in [1.807, 2.05) is 67.3 Å². The van der Waals surface area contributed by atoms with Gasteiger partial charge >= 0.3 is 5.97 Å². The number of aromatic nitrogens is 2. The van der Waals surface area contributed by atoms with Crippen molar-refractivity contribution in [3.8, 4) is 11.4 Å². The third-order valence-corrected chi connectivity index (χ3v) is 6.89. The number of phenols is 1. The number of aromatic hydroxyl groups is 1. The van der Waals surface area contributed by atoms with Gasteiger partial charge in [-0.2, -0.15) is 0 Å². The van der Waals surface area contributed by atoms with Crippen LogP contribution in [-0.4, -0.2) is 32.8 Å². The number of carbonyl (C=O) groups is 1. The van der Waals surface area contributed by atoms with Crippen molar-refractivity contribution in [3.05, 3.63) is 107 Å². The van der Waals surface area contributed by atoms with Crippen molar-refractivity contribution in [1.82, 2.24) is 14.9 Å². The SMILES string of the molecule is COC(=O)c1ccccc1-n1c(C)cc([C@H]2[C@H](c3ccccn3)NC(=S)N2c2ccccc2O)c1C. The molecule has 7 nitrogen and oxygen atoms in total. The van der Waals surface area contributed by atoms with Crippen molar-refractivity contribution in [1.29, 1.82) is 0 Å². The zero-order valence-electron chi connectivity index (χ0n) is 20.2. The minimum Gasteiger partial charge on any atom is -0.506 e. The summed E-state index contributed by atoms with van der Waals surface area (Å²) in [6, 6.07) is 21.9. The van der Waals surface area contributed by atoms with Gasteiger partial charge in [-0.15, -0.1) is 0 Å². The van der Waals surface area contributed by atoms with E-state index in [0.717, 1.165) is 28.3 Å². The van der Waals surface area contributed by atoms with E-state index in [2.05, 4.69) is 20.9 Å². The highest BCUT2D eigenvalue weighted by atomic mass is 32.1. The molecule has 2 aromatic carbocycles. The van der Waals surface area contributed by atoms with E-state index in [1.165, 1.54) is 7.11 Å². The molecule has 4 aromatic rings. The van der Waals surface area contributed by atoms with E-state index in [-0.39, 0.29) is 17.8 Å². The average molecular weight is 499 g/mol. The normalized spacial score (nSPS) is 17.2. The predicted octanol–water partition coefficient (Wildman–Crippen LogP) is 5.16. The standard InChI is InChI=1S/C28H26N4O3S/c1-17-16-20(18(2)31(17)22-12-5-4-10-19(22)27(34)35-3)26-25(21-11-8-9-15-29-21)30-28(36)32(26)23-13-6-7-14-24(23)33/h4-16,25-26,33H,1-3H3,(H,30,36)/t25-,26-/m0/s1. The molecule has 2 aromatic heterocycles. The van der Waals surface area contributed by atoms with E-state index in [1.54, 1.807) is 24.4 Å². The summed E-state index contributed by atoms with van der Waals surface area (Å²) in [5, 5.41) is 14.7. The lowest BCUT2D eigenvalue weighted by atomic mass is 9.96. The van der Waals surface area contributed by atoms with Gasteiger partial charge in [0.2, 0.25) is 0 Å². The second-order valence-corrected chi connectivity index (χ2v) is 9.04. The van der Waals surface area contributed by atoms with Gasteiger partial charge in [0, 0.05) is 17.6 Å². The van der Waals surface area contributed by atoms with Gasteiger partial charge in [0.25, 0.3) is 0 Å². The Hall–Kier alpha value is -4.17. The Labute approximate surface area is 215 Å². The van der Waals surface area contributed by atoms with Crippen LogP contribution in [0, 0.1) is 13.8 Å². The molecule has 1 aliphatic rings. The maximum Gasteiger partial charge on any atom is 0.339 e. The van der Waals surface area contributed by atoms with Crippen molar-refractivity contribution >= 4 is 29.0 Å². The number of nitrogens with one attached hydrogen (secondary N) is 1. The molecule has 0 aliphatic carbocycles. The molecule has 0 saturated carbocycles. The number of methoxy groups -OCH3 is 1. The fourth-order valence-electron chi connectivity index (χ4n) is 5.01. The number of rotatable bonds is 5. The lowest BCUT2D eigenvalue weighted by Crippen LogP contribution is -2.29. The molecule has 1 fully saturated rings. The molecule has 0 radical (unpaired) electrons. The Morgan fingerprint density at radius 1 is 1.03 bits per heavy atom. The zero-order chi connectivity index (χ0) is 25.4. The lowest BCUT2D eigenvalue weighted by molar-refractivity contribution is 0.0600. The van der Waals surface area contributed by atoms with Crippen molar-refractivity contribution in [2.24, 2.45) is 0 Å². The molecule has 5 rings (SSSR count). The smallest absolute Gasteiger partial charge is 0.339 e. The van der Waals surface area contributed by atoms with Crippen LogP contribution in [0.2, 0.25) is 0 Å².